The minimum Gasteiger partial charge on any atom is -0.508 e. The van der Waals surface area contributed by atoms with Crippen molar-refractivity contribution in [2.75, 3.05) is 5.32 Å². The summed E-state index contributed by atoms with van der Waals surface area (Å²) in [7, 11) is 0. The molecule has 1 aromatic heterocycles. The second kappa shape index (κ2) is 4.61. The van der Waals surface area contributed by atoms with Crippen LogP contribution in [0, 0.1) is 6.92 Å². The zero-order valence-corrected chi connectivity index (χ0v) is 10.4. The molecule has 0 fully saturated rings. The van der Waals surface area contributed by atoms with E-state index in [2.05, 4.69) is 21.2 Å². The molecule has 2 aromatic rings. The molecular formula is C12H12BrNO2. The zero-order chi connectivity index (χ0) is 11.5. The van der Waals surface area contributed by atoms with Gasteiger partial charge in [0.25, 0.3) is 0 Å². The lowest BCUT2D eigenvalue weighted by molar-refractivity contribution is 0.471. The number of anilines is 1. The van der Waals surface area contributed by atoms with Crippen molar-refractivity contribution in [1.82, 2.24) is 0 Å². The van der Waals surface area contributed by atoms with Crippen molar-refractivity contribution < 1.29 is 9.52 Å². The molecule has 0 amide bonds. The first-order valence-electron chi connectivity index (χ1n) is 4.92. The molecular weight excluding hydrogens is 270 g/mol. The van der Waals surface area contributed by atoms with E-state index >= 15 is 0 Å². The SMILES string of the molecule is Cc1cc(NCc2occc2Br)ccc1O. The van der Waals surface area contributed by atoms with Crippen LogP contribution in [0.1, 0.15) is 11.3 Å². The van der Waals surface area contributed by atoms with Gasteiger partial charge in [-0.25, -0.2) is 0 Å². The molecule has 0 bridgehead atoms. The normalized spacial score (nSPS) is 10.4. The fourth-order valence-electron chi connectivity index (χ4n) is 1.40. The van der Waals surface area contributed by atoms with Crippen molar-refractivity contribution in [3.05, 3.63) is 46.3 Å². The Balaban J connectivity index is 2.05. The van der Waals surface area contributed by atoms with Crippen LogP contribution in [0.25, 0.3) is 0 Å². The van der Waals surface area contributed by atoms with Crippen molar-refractivity contribution in [2.24, 2.45) is 0 Å². The molecule has 0 saturated heterocycles. The van der Waals surface area contributed by atoms with E-state index in [0.29, 0.717) is 12.3 Å². The Morgan fingerprint density at radius 2 is 2.19 bits per heavy atom. The number of hydrogen-bond acceptors (Lipinski definition) is 3. The van der Waals surface area contributed by atoms with Gasteiger partial charge in [0.05, 0.1) is 17.3 Å². The molecule has 2 rings (SSSR count). The molecule has 0 radical (unpaired) electrons. The van der Waals surface area contributed by atoms with Gasteiger partial charge in [-0.1, -0.05) is 0 Å². The highest BCUT2D eigenvalue weighted by atomic mass is 79.9. The number of furan rings is 1. The number of aromatic hydroxyl groups is 1. The number of halogens is 1. The number of benzene rings is 1. The van der Waals surface area contributed by atoms with Gasteiger partial charge >= 0.3 is 0 Å². The molecule has 3 nitrogen and oxygen atoms in total. The zero-order valence-electron chi connectivity index (χ0n) is 8.83. The Morgan fingerprint density at radius 1 is 1.38 bits per heavy atom. The summed E-state index contributed by atoms with van der Waals surface area (Å²) in [6.07, 6.45) is 1.64. The van der Waals surface area contributed by atoms with Gasteiger partial charge in [-0.2, -0.15) is 0 Å². The highest BCUT2D eigenvalue weighted by molar-refractivity contribution is 9.10. The molecule has 0 saturated carbocycles. The summed E-state index contributed by atoms with van der Waals surface area (Å²) in [6.45, 7) is 2.47. The molecule has 0 aliphatic carbocycles. The Hall–Kier alpha value is -1.42. The number of rotatable bonds is 3. The van der Waals surface area contributed by atoms with E-state index in [0.717, 1.165) is 21.5 Å². The van der Waals surface area contributed by atoms with E-state index in [1.54, 1.807) is 12.3 Å². The molecule has 0 aliphatic heterocycles. The molecule has 0 spiro atoms. The Morgan fingerprint density at radius 3 is 2.81 bits per heavy atom. The fourth-order valence-corrected chi connectivity index (χ4v) is 1.74. The molecule has 0 aliphatic rings. The molecule has 0 atom stereocenters. The summed E-state index contributed by atoms with van der Waals surface area (Å²) >= 11 is 3.39. The van der Waals surface area contributed by atoms with E-state index in [4.69, 9.17) is 4.42 Å². The summed E-state index contributed by atoms with van der Waals surface area (Å²) in [5, 5.41) is 12.6. The van der Waals surface area contributed by atoms with Crippen LogP contribution in [-0.4, -0.2) is 5.11 Å². The van der Waals surface area contributed by atoms with Gasteiger partial charge in [0.15, 0.2) is 0 Å². The molecule has 16 heavy (non-hydrogen) atoms. The lowest BCUT2D eigenvalue weighted by Gasteiger charge is -2.06. The van der Waals surface area contributed by atoms with Crippen LogP contribution in [0.3, 0.4) is 0 Å². The Labute approximate surface area is 102 Å². The third kappa shape index (κ3) is 2.39. The highest BCUT2D eigenvalue weighted by Gasteiger charge is 2.03. The first-order chi connectivity index (χ1) is 7.66. The van der Waals surface area contributed by atoms with Gasteiger partial charge in [0, 0.05) is 5.69 Å². The number of hydrogen-bond donors (Lipinski definition) is 2. The first-order valence-corrected chi connectivity index (χ1v) is 5.71. The van der Waals surface area contributed by atoms with Crippen LogP contribution in [0.15, 0.2) is 39.4 Å². The third-order valence-corrected chi connectivity index (χ3v) is 3.05. The fraction of sp³-hybridized carbons (Fsp3) is 0.167. The van der Waals surface area contributed by atoms with Crippen molar-refractivity contribution >= 4 is 21.6 Å². The van der Waals surface area contributed by atoms with Crippen LogP contribution in [0.2, 0.25) is 0 Å². The van der Waals surface area contributed by atoms with Crippen LogP contribution >= 0.6 is 15.9 Å². The molecule has 84 valence electrons. The standard InChI is InChI=1S/C12H12BrNO2/c1-8-6-9(2-3-11(8)15)14-7-12-10(13)4-5-16-12/h2-6,14-15H,7H2,1H3. The van der Waals surface area contributed by atoms with Gasteiger partial charge in [-0.3, -0.25) is 0 Å². The maximum atomic E-state index is 9.39. The lowest BCUT2D eigenvalue weighted by atomic mass is 10.2. The Bertz CT molecular complexity index is 494. The van der Waals surface area contributed by atoms with Crippen LogP contribution < -0.4 is 5.32 Å². The average molecular weight is 282 g/mol. The highest BCUT2D eigenvalue weighted by Crippen LogP contribution is 2.22. The van der Waals surface area contributed by atoms with Gasteiger partial charge in [-0.05, 0) is 52.7 Å². The molecule has 0 unspecified atom stereocenters. The molecule has 1 aromatic carbocycles. The smallest absolute Gasteiger partial charge is 0.136 e. The van der Waals surface area contributed by atoms with E-state index in [9.17, 15) is 5.11 Å². The molecule has 1 heterocycles. The van der Waals surface area contributed by atoms with Crippen molar-refractivity contribution in [3.8, 4) is 5.75 Å². The van der Waals surface area contributed by atoms with Gasteiger partial charge in [-0.15, -0.1) is 0 Å². The maximum Gasteiger partial charge on any atom is 0.136 e. The van der Waals surface area contributed by atoms with Crippen molar-refractivity contribution in [2.45, 2.75) is 13.5 Å². The molecule has 4 heteroatoms. The lowest BCUT2D eigenvalue weighted by Crippen LogP contribution is -1.98. The maximum absolute atomic E-state index is 9.39. The van der Waals surface area contributed by atoms with Crippen LogP contribution in [-0.2, 0) is 6.54 Å². The average Bonchev–Trinajstić information content (AvgIpc) is 2.66. The number of aryl methyl sites for hydroxylation is 1. The number of phenolic OH excluding ortho intramolecular Hbond substituents is 1. The van der Waals surface area contributed by atoms with E-state index in [1.165, 1.54) is 0 Å². The summed E-state index contributed by atoms with van der Waals surface area (Å²) < 4.78 is 6.24. The molecule has 2 N–H and O–H groups in total. The van der Waals surface area contributed by atoms with E-state index in [1.807, 2.05) is 25.1 Å². The summed E-state index contributed by atoms with van der Waals surface area (Å²) in [4.78, 5) is 0. The minimum atomic E-state index is 0.310. The quantitative estimate of drug-likeness (QED) is 0.844. The second-order valence-corrected chi connectivity index (χ2v) is 4.40. The first kappa shape index (κ1) is 11.1. The van der Waals surface area contributed by atoms with Crippen molar-refractivity contribution in [3.63, 3.8) is 0 Å². The van der Waals surface area contributed by atoms with E-state index in [-0.39, 0.29) is 0 Å². The van der Waals surface area contributed by atoms with Gasteiger partial charge < -0.3 is 14.8 Å². The van der Waals surface area contributed by atoms with Crippen molar-refractivity contribution in [1.29, 1.82) is 0 Å². The number of nitrogens with one attached hydrogen (secondary N) is 1. The monoisotopic (exact) mass is 281 g/mol. The topological polar surface area (TPSA) is 45.4 Å². The predicted molar refractivity (Wildman–Crippen MR) is 66.6 cm³/mol. The van der Waals surface area contributed by atoms with Gasteiger partial charge in [0.2, 0.25) is 0 Å². The summed E-state index contributed by atoms with van der Waals surface area (Å²) in [5.74, 6) is 1.16. The second-order valence-electron chi connectivity index (χ2n) is 3.55. The Kier molecular flexibility index (Phi) is 3.19. The largest absolute Gasteiger partial charge is 0.508 e. The minimum absolute atomic E-state index is 0.310. The van der Waals surface area contributed by atoms with Crippen LogP contribution in [0.5, 0.6) is 5.75 Å². The van der Waals surface area contributed by atoms with Gasteiger partial charge in [0.1, 0.15) is 11.5 Å². The summed E-state index contributed by atoms with van der Waals surface area (Å²) in [6, 6.07) is 7.26. The number of phenols is 1. The van der Waals surface area contributed by atoms with E-state index < -0.39 is 0 Å². The third-order valence-electron chi connectivity index (χ3n) is 2.34. The van der Waals surface area contributed by atoms with Crippen LogP contribution in [0.4, 0.5) is 5.69 Å². The summed E-state index contributed by atoms with van der Waals surface area (Å²) in [5.41, 5.74) is 1.81. The predicted octanol–water partition coefficient (Wildman–Crippen LogP) is 3.67.